The number of carbonyl (C=O) groups excluding carboxylic acids is 1. The van der Waals surface area contributed by atoms with Gasteiger partial charge in [-0.2, -0.15) is 0 Å². The van der Waals surface area contributed by atoms with Crippen molar-refractivity contribution in [2.24, 2.45) is 15.5 Å². The Labute approximate surface area is 194 Å². The van der Waals surface area contributed by atoms with Crippen LogP contribution in [0, 0.1) is 0 Å². The number of rotatable bonds is 12. The van der Waals surface area contributed by atoms with Gasteiger partial charge in [-0.1, -0.05) is 46.7 Å². The quantitative estimate of drug-likeness (QED) is 0.390. The lowest BCUT2D eigenvalue weighted by Gasteiger charge is -2.11. The monoisotopic (exact) mass is 454 g/mol. The van der Waals surface area contributed by atoms with Crippen molar-refractivity contribution >= 4 is 23.0 Å². The third-order valence-corrected chi connectivity index (χ3v) is 4.44. The highest BCUT2D eigenvalue weighted by Crippen LogP contribution is 2.15. The molecule has 0 aromatic heterocycles. The molecular formula is C24H30N4O5. The Hall–Kier alpha value is -3.88. The first-order valence-corrected chi connectivity index (χ1v) is 10.5. The first-order chi connectivity index (χ1) is 16.0. The fourth-order valence-electron chi connectivity index (χ4n) is 2.89. The highest BCUT2D eigenvalue weighted by Gasteiger charge is 2.17. The minimum Gasteiger partial charge on any atom is -0.494 e. The van der Waals surface area contributed by atoms with Crippen molar-refractivity contribution in [1.82, 2.24) is 5.32 Å². The number of benzene rings is 2. The van der Waals surface area contributed by atoms with E-state index in [1.807, 2.05) is 36.4 Å². The van der Waals surface area contributed by atoms with Gasteiger partial charge in [-0.25, -0.2) is 0 Å². The molecule has 0 saturated heterocycles. The lowest BCUT2D eigenvalue weighted by molar-refractivity contribution is -0.114. The molecule has 0 heterocycles. The Kier molecular flexibility index (Phi) is 10.4. The lowest BCUT2D eigenvalue weighted by Crippen LogP contribution is -2.29. The molecule has 0 radical (unpaired) electrons. The van der Waals surface area contributed by atoms with Crippen LogP contribution >= 0.6 is 0 Å². The van der Waals surface area contributed by atoms with Crippen LogP contribution in [0.4, 0.5) is 0 Å². The number of hydrogen-bond donors (Lipinski definition) is 1. The zero-order valence-electron chi connectivity index (χ0n) is 19.6. The van der Waals surface area contributed by atoms with Crippen LogP contribution in [0.5, 0.6) is 5.75 Å². The van der Waals surface area contributed by atoms with Crippen LogP contribution in [0.25, 0.3) is 0 Å². The second-order valence-corrected chi connectivity index (χ2v) is 6.80. The number of nitrogens with one attached hydrogen (secondary N) is 1. The van der Waals surface area contributed by atoms with Crippen molar-refractivity contribution in [1.29, 1.82) is 0 Å². The average molecular weight is 455 g/mol. The van der Waals surface area contributed by atoms with Crippen LogP contribution in [0.2, 0.25) is 0 Å². The maximum atomic E-state index is 12.2. The molecule has 0 fully saturated rings. The maximum absolute atomic E-state index is 12.2. The summed E-state index contributed by atoms with van der Waals surface area (Å²) in [5.74, 6) is 0.411. The summed E-state index contributed by atoms with van der Waals surface area (Å²) in [5, 5.41) is 14.7. The molecule has 9 nitrogen and oxygen atoms in total. The maximum Gasteiger partial charge on any atom is 0.273 e. The second-order valence-electron chi connectivity index (χ2n) is 6.80. The van der Waals surface area contributed by atoms with E-state index in [2.05, 4.69) is 27.7 Å². The lowest BCUT2D eigenvalue weighted by atomic mass is 10.0. The fraction of sp³-hybridized carbons (Fsp3) is 0.333. The average Bonchev–Trinajstić information content (AvgIpc) is 2.85. The van der Waals surface area contributed by atoms with Gasteiger partial charge in [-0.15, -0.1) is 0 Å². The van der Waals surface area contributed by atoms with Crippen molar-refractivity contribution in [3.05, 3.63) is 65.2 Å². The van der Waals surface area contributed by atoms with Crippen molar-refractivity contribution < 1.29 is 24.0 Å². The van der Waals surface area contributed by atoms with Crippen molar-refractivity contribution in [2.45, 2.75) is 26.9 Å². The highest BCUT2D eigenvalue weighted by atomic mass is 16.6. The van der Waals surface area contributed by atoms with Crippen LogP contribution in [-0.2, 0) is 25.9 Å². The van der Waals surface area contributed by atoms with Crippen molar-refractivity contribution in [3.63, 3.8) is 0 Å². The number of ether oxygens (including phenoxy) is 1. The zero-order valence-corrected chi connectivity index (χ0v) is 19.6. The highest BCUT2D eigenvalue weighted by molar-refractivity contribution is 6.47. The molecule has 0 aliphatic carbocycles. The predicted molar refractivity (Wildman–Crippen MR) is 128 cm³/mol. The molecule has 0 atom stereocenters. The topological polar surface area (TPSA) is 103 Å². The molecule has 2 aromatic rings. The second kappa shape index (κ2) is 13.5. The van der Waals surface area contributed by atoms with Gasteiger partial charge >= 0.3 is 0 Å². The molecule has 0 aliphatic rings. The SMILES string of the molecule is CCCOc1ccc(C(=NOC)C(C)=NOCc2ccccc2C(=NOC)C(=O)NC)cc1. The standard InChI is InChI=1S/C24H30N4O5/c1-6-15-32-20-13-11-18(12-14-20)22(27-30-4)17(2)26-33-16-19-9-7-8-10-21(19)23(28-31-5)24(29)25-3/h7-14H,6,15-16H2,1-5H3,(H,25,29). The van der Waals surface area contributed by atoms with E-state index >= 15 is 0 Å². The molecule has 0 spiro atoms. The molecular weight excluding hydrogens is 424 g/mol. The molecule has 0 aliphatic heterocycles. The minimum atomic E-state index is -0.371. The van der Waals surface area contributed by atoms with E-state index in [0.717, 1.165) is 23.3 Å². The van der Waals surface area contributed by atoms with E-state index in [1.165, 1.54) is 21.3 Å². The Morgan fingerprint density at radius 1 is 0.939 bits per heavy atom. The van der Waals surface area contributed by atoms with Gasteiger partial charge in [0, 0.05) is 23.7 Å². The van der Waals surface area contributed by atoms with Gasteiger partial charge in [0.2, 0.25) is 0 Å². The summed E-state index contributed by atoms with van der Waals surface area (Å²) < 4.78 is 5.62. The summed E-state index contributed by atoms with van der Waals surface area (Å²) in [5.41, 5.74) is 3.30. The van der Waals surface area contributed by atoms with E-state index < -0.39 is 0 Å². The third kappa shape index (κ3) is 7.34. The summed E-state index contributed by atoms with van der Waals surface area (Å²) in [4.78, 5) is 27.6. The Morgan fingerprint density at radius 2 is 1.61 bits per heavy atom. The zero-order chi connectivity index (χ0) is 24.1. The number of hydrogen-bond acceptors (Lipinski definition) is 8. The fourth-order valence-corrected chi connectivity index (χ4v) is 2.89. The van der Waals surface area contributed by atoms with Crippen LogP contribution in [-0.4, -0.2) is 50.9 Å². The summed E-state index contributed by atoms with van der Waals surface area (Å²) >= 11 is 0. The smallest absolute Gasteiger partial charge is 0.273 e. The summed E-state index contributed by atoms with van der Waals surface area (Å²) in [6.07, 6.45) is 0.937. The Balaban J connectivity index is 2.19. The van der Waals surface area contributed by atoms with Gasteiger partial charge in [0.1, 0.15) is 38.0 Å². The van der Waals surface area contributed by atoms with Gasteiger partial charge in [0.05, 0.1) is 6.61 Å². The van der Waals surface area contributed by atoms with Crippen molar-refractivity contribution in [2.75, 3.05) is 27.9 Å². The number of likely N-dealkylation sites (N-methyl/N-ethyl adjacent to an activating group) is 1. The molecule has 0 unspecified atom stereocenters. The normalized spacial score (nSPS) is 12.2. The summed E-state index contributed by atoms with van der Waals surface area (Å²) in [6.45, 7) is 4.59. The first-order valence-electron chi connectivity index (χ1n) is 10.5. The Bertz CT molecular complexity index is 1000. The van der Waals surface area contributed by atoms with Gasteiger partial charge < -0.3 is 24.6 Å². The minimum absolute atomic E-state index is 0.108. The number of amides is 1. The van der Waals surface area contributed by atoms with Crippen LogP contribution < -0.4 is 10.1 Å². The molecule has 0 bridgehead atoms. The largest absolute Gasteiger partial charge is 0.494 e. The predicted octanol–water partition coefficient (Wildman–Crippen LogP) is 3.52. The van der Waals surface area contributed by atoms with Crippen molar-refractivity contribution in [3.8, 4) is 5.75 Å². The van der Waals surface area contributed by atoms with Gasteiger partial charge in [-0.05, 0) is 37.6 Å². The van der Waals surface area contributed by atoms with E-state index in [-0.39, 0.29) is 18.2 Å². The molecule has 2 rings (SSSR count). The van der Waals surface area contributed by atoms with Gasteiger partial charge in [0.25, 0.3) is 5.91 Å². The molecule has 1 amide bonds. The van der Waals surface area contributed by atoms with E-state index in [1.54, 1.807) is 19.1 Å². The molecule has 176 valence electrons. The van der Waals surface area contributed by atoms with Crippen LogP contribution in [0.15, 0.2) is 64.0 Å². The number of oxime groups is 3. The molecule has 1 N–H and O–H groups in total. The van der Waals surface area contributed by atoms with Crippen LogP contribution in [0.3, 0.4) is 0 Å². The molecule has 2 aromatic carbocycles. The summed E-state index contributed by atoms with van der Waals surface area (Å²) in [6, 6.07) is 14.7. The Morgan fingerprint density at radius 3 is 2.24 bits per heavy atom. The first kappa shape index (κ1) is 25.4. The molecule has 33 heavy (non-hydrogen) atoms. The number of nitrogens with zero attached hydrogens (tertiary/aromatic N) is 3. The van der Waals surface area contributed by atoms with E-state index in [9.17, 15) is 4.79 Å². The number of carbonyl (C=O) groups is 1. The third-order valence-electron chi connectivity index (χ3n) is 4.44. The molecule has 9 heteroatoms. The van der Waals surface area contributed by atoms with E-state index in [0.29, 0.717) is 23.6 Å². The van der Waals surface area contributed by atoms with Gasteiger partial charge in [-0.3, -0.25) is 4.79 Å². The van der Waals surface area contributed by atoms with E-state index in [4.69, 9.17) is 19.2 Å². The molecule has 0 saturated carbocycles. The van der Waals surface area contributed by atoms with Crippen LogP contribution in [0.1, 0.15) is 37.0 Å². The summed E-state index contributed by atoms with van der Waals surface area (Å²) in [7, 11) is 4.38. The van der Waals surface area contributed by atoms with Gasteiger partial charge in [0.15, 0.2) is 5.71 Å².